The third-order valence-electron chi connectivity index (χ3n) is 3.61. The highest BCUT2D eigenvalue weighted by Crippen LogP contribution is 2.34. The third-order valence-corrected chi connectivity index (χ3v) is 4.84. The van der Waals surface area contributed by atoms with Crippen molar-refractivity contribution in [2.45, 2.75) is 13.3 Å². The van der Waals surface area contributed by atoms with Gasteiger partial charge in [0.05, 0.1) is 0 Å². The van der Waals surface area contributed by atoms with E-state index in [0.29, 0.717) is 0 Å². The molecule has 0 aromatic heterocycles. The first-order valence-corrected chi connectivity index (χ1v) is 8.37. The smallest absolute Gasteiger partial charge is 0.123 e. The molecule has 0 radical (unpaired) electrons. The molecule has 0 atom stereocenters. The summed E-state index contributed by atoms with van der Waals surface area (Å²) in [5, 5.41) is 5.61. The molecule has 3 heteroatoms. The van der Waals surface area contributed by atoms with E-state index in [4.69, 9.17) is 0 Å². The molecule has 1 aromatic rings. The van der Waals surface area contributed by atoms with Gasteiger partial charge in [-0.1, -0.05) is 52.2 Å². The van der Waals surface area contributed by atoms with Crippen LogP contribution in [-0.4, -0.2) is 11.8 Å². The fourth-order valence-corrected chi connectivity index (χ4v) is 3.34. The molecule has 1 N–H and O–H groups in total. The SMILES string of the molecule is C=C/C=C(\C)C1=PC(=C)C(C(=C)NCCc2ccc(F)cc2)=C1. The maximum atomic E-state index is 12.9. The molecule has 23 heavy (non-hydrogen) atoms. The standard InChI is InChI=1S/C20H21FNP/c1-5-6-14(2)20-13-19(16(4)23-20)15(3)22-12-11-17-7-9-18(21)10-8-17/h5-10,13,22H,1,3-4,11-12H2,2H3/b14-6+. The number of hydrogen-bond donors (Lipinski definition) is 1. The van der Waals surface area contributed by atoms with Crippen molar-refractivity contribution >= 4 is 13.5 Å². The average molecular weight is 325 g/mol. The van der Waals surface area contributed by atoms with Crippen LogP contribution in [0.1, 0.15) is 12.5 Å². The van der Waals surface area contributed by atoms with E-state index in [-0.39, 0.29) is 5.82 Å². The first kappa shape index (κ1) is 17.2. The monoisotopic (exact) mass is 325 g/mol. The van der Waals surface area contributed by atoms with E-state index < -0.39 is 0 Å². The summed E-state index contributed by atoms with van der Waals surface area (Å²) in [6.45, 7) is 14.8. The lowest BCUT2D eigenvalue weighted by molar-refractivity contribution is 0.626. The van der Waals surface area contributed by atoms with Crippen LogP contribution in [0.3, 0.4) is 0 Å². The molecule has 1 aliphatic rings. The largest absolute Gasteiger partial charge is 0.385 e. The minimum atomic E-state index is -0.205. The summed E-state index contributed by atoms with van der Waals surface area (Å²) in [6, 6.07) is 6.59. The Bertz CT molecular complexity index is 721. The molecule has 0 aliphatic carbocycles. The fraction of sp³-hybridized carbons (Fsp3) is 0.150. The minimum Gasteiger partial charge on any atom is -0.385 e. The number of halogens is 1. The predicted octanol–water partition coefficient (Wildman–Crippen LogP) is 5.18. The van der Waals surface area contributed by atoms with E-state index in [2.05, 4.69) is 38.1 Å². The van der Waals surface area contributed by atoms with Gasteiger partial charge in [0.2, 0.25) is 0 Å². The molecular formula is C20H21FNP. The number of allylic oxidation sites excluding steroid dienone is 5. The second-order valence-electron chi connectivity index (χ2n) is 5.37. The van der Waals surface area contributed by atoms with Crippen molar-refractivity contribution in [2.75, 3.05) is 6.54 Å². The Morgan fingerprint density at radius 1 is 1.30 bits per heavy atom. The Kier molecular flexibility index (Phi) is 5.90. The summed E-state index contributed by atoms with van der Waals surface area (Å²) in [5.41, 5.74) is 4.24. The van der Waals surface area contributed by atoms with E-state index >= 15 is 0 Å². The molecule has 1 nitrogen and oxygen atoms in total. The van der Waals surface area contributed by atoms with Gasteiger partial charge >= 0.3 is 0 Å². The molecule has 0 bridgehead atoms. The van der Waals surface area contributed by atoms with E-state index in [1.165, 1.54) is 23.0 Å². The molecule has 1 aromatic carbocycles. The number of nitrogens with one attached hydrogen (secondary N) is 1. The Labute approximate surface area is 139 Å². The Morgan fingerprint density at radius 2 is 2.00 bits per heavy atom. The molecule has 2 rings (SSSR count). The molecule has 0 spiro atoms. The Balaban J connectivity index is 1.92. The zero-order chi connectivity index (χ0) is 16.8. The summed E-state index contributed by atoms with van der Waals surface area (Å²) in [7, 11) is 1.12. The van der Waals surface area contributed by atoms with Crippen LogP contribution in [-0.2, 0) is 6.42 Å². The third kappa shape index (κ3) is 4.64. The second-order valence-corrected chi connectivity index (χ2v) is 6.61. The molecule has 1 aliphatic heterocycles. The van der Waals surface area contributed by atoms with Gasteiger partial charge in [0.1, 0.15) is 5.82 Å². The molecule has 118 valence electrons. The molecule has 0 saturated heterocycles. The van der Waals surface area contributed by atoms with E-state index in [9.17, 15) is 4.39 Å². The summed E-state index contributed by atoms with van der Waals surface area (Å²) < 4.78 is 12.9. The van der Waals surface area contributed by atoms with Gasteiger partial charge in [-0.05, 0) is 42.7 Å². The lowest BCUT2D eigenvalue weighted by Gasteiger charge is -2.11. The van der Waals surface area contributed by atoms with Crippen molar-refractivity contribution in [3.8, 4) is 0 Å². The summed E-state index contributed by atoms with van der Waals surface area (Å²) in [6.07, 6.45) is 6.75. The van der Waals surface area contributed by atoms with Crippen LogP contribution in [0.5, 0.6) is 0 Å². The fourth-order valence-electron chi connectivity index (χ4n) is 2.29. The van der Waals surface area contributed by atoms with Gasteiger partial charge < -0.3 is 5.32 Å². The van der Waals surface area contributed by atoms with Gasteiger partial charge in [-0.2, -0.15) is 0 Å². The number of rotatable bonds is 7. The minimum absolute atomic E-state index is 0.205. The van der Waals surface area contributed by atoms with Gasteiger partial charge in [0.25, 0.3) is 0 Å². The number of benzene rings is 1. The van der Waals surface area contributed by atoms with E-state index in [0.717, 1.165) is 43.3 Å². The van der Waals surface area contributed by atoms with Gasteiger partial charge in [-0.25, -0.2) is 4.39 Å². The van der Waals surface area contributed by atoms with Crippen molar-refractivity contribution in [3.05, 3.63) is 95.8 Å². The first-order valence-electron chi connectivity index (χ1n) is 7.48. The molecule has 0 amide bonds. The highest BCUT2D eigenvalue weighted by atomic mass is 31.1. The van der Waals surface area contributed by atoms with Crippen LogP contribution in [0.15, 0.2) is 84.4 Å². The summed E-state index contributed by atoms with van der Waals surface area (Å²) in [5.74, 6) is -0.205. The van der Waals surface area contributed by atoms with Gasteiger partial charge in [-0.3, -0.25) is 0 Å². The van der Waals surface area contributed by atoms with Crippen LogP contribution in [0.25, 0.3) is 0 Å². The topological polar surface area (TPSA) is 12.0 Å². The van der Waals surface area contributed by atoms with Crippen molar-refractivity contribution in [1.82, 2.24) is 5.32 Å². The lowest BCUT2D eigenvalue weighted by atomic mass is 10.1. The Morgan fingerprint density at radius 3 is 2.65 bits per heavy atom. The lowest BCUT2D eigenvalue weighted by Crippen LogP contribution is -2.17. The highest BCUT2D eigenvalue weighted by molar-refractivity contribution is 7.47. The summed E-state index contributed by atoms with van der Waals surface area (Å²) >= 11 is 0. The van der Waals surface area contributed by atoms with Crippen molar-refractivity contribution in [1.29, 1.82) is 0 Å². The normalized spacial score (nSPS) is 15.0. The maximum Gasteiger partial charge on any atom is 0.123 e. The first-order chi connectivity index (χ1) is 11.0. The van der Waals surface area contributed by atoms with Crippen LogP contribution in [0.4, 0.5) is 4.39 Å². The second kappa shape index (κ2) is 7.89. The van der Waals surface area contributed by atoms with Gasteiger partial charge in [0, 0.05) is 28.4 Å². The molecule has 0 unspecified atom stereocenters. The predicted molar refractivity (Wildman–Crippen MR) is 100 cm³/mol. The van der Waals surface area contributed by atoms with Crippen LogP contribution >= 0.6 is 8.20 Å². The highest BCUT2D eigenvalue weighted by Gasteiger charge is 2.15. The van der Waals surface area contributed by atoms with Gasteiger partial charge in [0.15, 0.2) is 0 Å². The maximum absolute atomic E-state index is 12.9. The van der Waals surface area contributed by atoms with Crippen LogP contribution < -0.4 is 5.32 Å². The number of hydrogen-bond acceptors (Lipinski definition) is 1. The van der Waals surface area contributed by atoms with Crippen molar-refractivity contribution < 1.29 is 4.39 Å². The molecular weight excluding hydrogens is 304 g/mol. The van der Waals surface area contributed by atoms with Crippen molar-refractivity contribution in [2.24, 2.45) is 0 Å². The van der Waals surface area contributed by atoms with E-state index in [1.54, 1.807) is 6.08 Å². The molecule has 0 fully saturated rings. The molecule has 0 saturated carbocycles. The quantitative estimate of drug-likeness (QED) is 0.538. The summed E-state index contributed by atoms with van der Waals surface area (Å²) in [4.78, 5) is 0. The van der Waals surface area contributed by atoms with Gasteiger partial charge in [-0.15, -0.1) is 0 Å². The van der Waals surface area contributed by atoms with Crippen molar-refractivity contribution in [3.63, 3.8) is 0 Å². The Hall–Kier alpha value is -2.18. The van der Waals surface area contributed by atoms with Crippen LogP contribution in [0.2, 0.25) is 0 Å². The van der Waals surface area contributed by atoms with E-state index in [1.807, 2.05) is 18.2 Å². The zero-order valence-corrected chi connectivity index (χ0v) is 14.3. The van der Waals surface area contributed by atoms with Crippen LogP contribution in [0, 0.1) is 5.82 Å². The average Bonchev–Trinajstić information content (AvgIpc) is 2.91. The zero-order valence-electron chi connectivity index (χ0n) is 13.4. The molecule has 1 heterocycles.